The SMILES string of the molecule is CCCN1CCC(CNCC2CCCC2)C1. The van der Waals surface area contributed by atoms with Crippen molar-refractivity contribution in [3.63, 3.8) is 0 Å². The summed E-state index contributed by atoms with van der Waals surface area (Å²) < 4.78 is 0. The normalized spacial score (nSPS) is 27.9. The summed E-state index contributed by atoms with van der Waals surface area (Å²) in [7, 11) is 0. The molecule has 0 spiro atoms. The summed E-state index contributed by atoms with van der Waals surface area (Å²) >= 11 is 0. The Morgan fingerprint density at radius 3 is 2.56 bits per heavy atom. The summed E-state index contributed by atoms with van der Waals surface area (Å²) in [5, 5.41) is 3.71. The third kappa shape index (κ3) is 3.74. The van der Waals surface area contributed by atoms with Gasteiger partial charge in [-0.15, -0.1) is 0 Å². The molecule has 0 aromatic rings. The Morgan fingerprint density at radius 2 is 1.81 bits per heavy atom. The van der Waals surface area contributed by atoms with Crippen molar-refractivity contribution in [2.45, 2.75) is 45.4 Å². The van der Waals surface area contributed by atoms with Gasteiger partial charge in [0, 0.05) is 6.54 Å². The lowest BCUT2D eigenvalue weighted by molar-refractivity contribution is 0.320. The molecule has 1 saturated carbocycles. The topological polar surface area (TPSA) is 15.3 Å². The Labute approximate surface area is 101 Å². The summed E-state index contributed by atoms with van der Waals surface area (Å²) in [4.78, 5) is 2.63. The van der Waals surface area contributed by atoms with Crippen molar-refractivity contribution < 1.29 is 0 Å². The fourth-order valence-electron chi connectivity index (χ4n) is 3.30. The number of rotatable bonds is 6. The number of hydrogen-bond acceptors (Lipinski definition) is 2. The molecule has 2 nitrogen and oxygen atoms in total. The van der Waals surface area contributed by atoms with Crippen LogP contribution in [0.3, 0.4) is 0 Å². The Balaban J connectivity index is 1.53. The van der Waals surface area contributed by atoms with Gasteiger partial charge in [-0.3, -0.25) is 0 Å². The quantitative estimate of drug-likeness (QED) is 0.746. The van der Waals surface area contributed by atoms with E-state index in [4.69, 9.17) is 0 Å². The molecule has 2 heteroatoms. The van der Waals surface area contributed by atoms with Gasteiger partial charge in [0.1, 0.15) is 0 Å². The third-order valence-electron chi connectivity index (χ3n) is 4.25. The van der Waals surface area contributed by atoms with E-state index in [2.05, 4.69) is 17.1 Å². The molecule has 0 aromatic heterocycles. The minimum Gasteiger partial charge on any atom is -0.316 e. The van der Waals surface area contributed by atoms with E-state index in [-0.39, 0.29) is 0 Å². The Kier molecular flexibility index (Phi) is 5.11. The zero-order valence-corrected chi connectivity index (χ0v) is 10.9. The van der Waals surface area contributed by atoms with E-state index in [1.807, 2.05) is 0 Å². The largest absolute Gasteiger partial charge is 0.316 e. The van der Waals surface area contributed by atoms with Crippen LogP contribution in [0.2, 0.25) is 0 Å². The molecule has 0 radical (unpaired) electrons. The summed E-state index contributed by atoms with van der Waals surface area (Å²) in [6.07, 6.45) is 8.61. The van der Waals surface area contributed by atoms with Gasteiger partial charge < -0.3 is 10.2 Å². The van der Waals surface area contributed by atoms with Gasteiger partial charge in [-0.05, 0) is 63.7 Å². The fraction of sp³-hybridized carbons (Fsp3) is 1.00. The Bertz CT molecular complexity index is 187. The van der Waals surface area contributed by atoms with E-state index >= 15 is 0 Å². The lowest BCUT2D eigenvalue weighted by Gasteiger charge is -2.16. The molecule has 1 aliphatic carbocycles. The number of likely N-dealkylation sites (tertiary alicyclic amines) is 1. The molecule has 0 aromatic carbocycles. The van der Waals surface area contributed by atoms with Crippen LogP contribution in [0, 0.1) is 11.8 Å². The van der Waals surface area contributed by atoms with Gasteiger partial charge in [-0.2, -0.15) is 0 Å². The predicted octanol–water partition coefficient (Wildman–Crippen LogP) is 2.50. The first-order valence-corrected chi connectivity index (χ1v) is 7.31. The van der Waals surface area contributed by atoms with Crippen LogP contribution in [0.1, 0.15) is 45.4 Å². The molecule has 1 atom stereocenters. The molecular weight excluding hydrogens is 196 g/mol. The molecule has 1 aliphatic heterocycles. The average Bonchev–Trinajstić information content (AvgIpc) is 2.90. The second kappa shape index (κ2) is 6.61. The van der Waals surface area contributed by atoms with Crippen LogP contribution in [-0.4, -0.2) is 37.6 Å². The van der Waals surface area contributed by atoms with Crippen molar-refractivity contribution in [2.75, 3.05) is 32.7 Å². The molecule has 1 saturated heterocycles. The monoisotopic (exact) mass is 224 g/mol. The van der Waals surface area contributed by atoms with Crippen molar-refractivity contribution in [3.8, 4) is 0 Å². The Hall–Kier alpha value is -0.0800. The second-order valence-electron chi connectivity index (χ2n) is 5.76. The molecule has 0 bridgehead atoms. The van der Waals surface area contributed by atoms with Crippen molar-refractivity contribution in [1.82, 2.24) is 10.2 Å². The summed E-state index contributed by atoms with van der Waals surface area (Å²) in [5.74, 6) is 1.92. The van der Waals surface area contributed by atoms with Crippen molar-refractivity contribution in [1.29, 1.82) is 0 Å². The molecule has 0 amide bonds. The van der Waals surface area contributed by atoms with Crippen LogP contribution in [-0.2, 0) is 0 Å². The van der Waals surface area contributed by atoms with Crippen LogP contribution >= 0.6 is 0 Å². The van der Waals surface area contributed by atoms with Gasteiger partial charge in [0.05, 0.1) is 0 Å². The first-order chi connectivity index (χ1) is 7.88. The molecule has 94 valence electrons. The molecule has 1 unspecified atom stereocenters. The lowest BCUT2D eigenvalue weighted by Crippen LogP contribution is -2.29. The molecule has 1 heterocycles. The maximum absolute atomic E-state index is 3.71. The third-order valence-corrected chi connectivity index (χ3v) is 4.25. The van der Waals surface area contributed by atoms with Gasteiger partial charge in [0.15, 0.2) is 0 Å². The number of hydrogen-bond donors (Lipinski definition) is 1. The molecule has 1 N–H and O–H groups in total. The van der Waals surface area contributed by atoms with E-state index in [0.717, 1.165) is 11.8 Å². The standard InChI is InChI=1S/C14H28N2/c1-2-8-16-9-7-14(12-16)11-15-10-13-5-3-4-6-13/h13-15H,2-12H2,1H3. The van der Waals surface area contributed by atoms with Gasteiger partial charge in [0.2, 0.25) is 0 Å². The Morgan fingerprint density at radius 1 is 1.06 bits per heavy atom. The number of nitrogens with one attached hydrogen (secondary N) is 1. The minimum absolute atomic E-state index is 0.924. The van der Waals surface area contributed by atoms with Crippen LogP contribution in [0.5, 0.6) is 0 Å². The highest BCUT2D eigenvalue weighted by molar-refractivity contribution is 4.78. The highest BCUT2D eigenvalue weighted by Crippen LogP contribution is 2.24. The fourth-order valence-corrected chi connectivity index (χ4v) is 3.30. The highest BCUT2D eigenvalue weighted by atomic mass is 15.1. The molecular formula is C14H28N2. The summed E-state index contributed by atoms with van der Waals surface area (Å²) in [6.45, 7) is 8.81. The van der Waals surface area contributed by atoms with Gasteiger partial charge in [-0.25, -0.2) is 0 Å². The summed E-state index contributed by atoms with van der Waals surface area (Å²) in [6, 6.07) is 0. The van der Waals surface area contributed by atoms with Gasteiger partial charge >= 0.3 is 0 Å². The zero-order valence-electron chi connectivity index (χ0n) is 10.9. The maximum Gasteiger partial charge on any atom is 0.00223 e. The average molecular weight is 224 g/mol. The first-order valence-electron chi connectivity index (χ1n) is 7.31. The second-order valence-corrected chi connectivity index (χ2v) is 5.76. The molecule has 2 fully saturated rings. The van der Waals surface area contributed by atoms with E-state index in [0.29, 0.717) is 0 Å². The maximum atomic E-state index is 3.71. The van der Waals surface area contributed by atoms with E-state index in [1.54, 1.807) is 0 Å². The molecule has 2 rings (SSSR count). The summed E-state index contributed by atoms with van der Waals surface area (Å²) in [5.41, 5.74) is 0. The van der Waals surface area contributed by atoms with Crippen molar-refractivity contribution in [3.05, 3.63) is 0 Å². The molecule has 2 aliphatic rings. The zero-order chi connectivity index (χ0) is 11.2. The van der Waals surface area contributed by atoms with Crippen molar-refractivity contribution in [2.24, 2.45) is 11.8 Å². The van der Waals surface area contributed by atoms with E-state index in [1.165, 1.54) is 71.2 Å². The minimum atomic E-state index is 0.924. The number of nitrogens with zero attached hydrogens (tertiary/aromatic N) is 1. The van der Waals surface area contributed by atoms with Gasteiger partial charge in [-0.1, -0.05) is 19.8 Å². The van der Waals surface area contributed by atoms with E-state index < -0.39 is 0 Å². The van der Waals surface area contributed by atoms with E-state index in [9.17, 15) is 0 Å². The highest BCUT2D eigenvalue weighted by Gasteiger charge is 2.21. The predicted molar refractivity (Wildman–Crippen MR) is 69.7 cm³/mol. The lowest BCUT2D eigenvalue weighted by atomic mass is 10.1. The van der Waals surface area contributed by atoms with Gasteiger partial charge in [0.25, 0.3) is 0 Å². The van der Waals surface area contributed by atoms with Crippen LogP contribution in [0.15, 0.2) is 0 Å². The smallest absolute Gasteiger partial charge is 0.00223 e. The first kappa shape index (κ1) is 12.4. The molecule has 16 heavy (non-hydrogen) atoms. The van der Waals surface area contributed by atoms with Crippen LogP contribution in [0.4, 0.5) is 0 Å². The van der Waals surface area contributed by atoms with Crippen molar-refractivity contribution >= 4 is 0 Å². The van der Waals surface area contributed by atoms with Crippen LogP contribution < -0.4 is 5.32 Å². The van der Waals surface area contributed by atoms with Crippen LogP contribution in [0.25, 0.3) is 0 Å².